The van der Waals surface area contributed by atoms with Gasteiger partial charge in [0.05, 0.1) is 0 Å². The number of carbonyl (C=O) groups excluding carboxylic acids is 1. The molecule has 3 aliphatic rings. The Morgan fingerprint density at radius 3 is 2.68 bits per heavy atom. The molecular formula is C16H20N2O. The van der Waals surface area contributed by atoms with E-state index in [4.69, 9.17) is 0 Å². The highest BCUT2D eigenvalue weighted by Crippen LogP contribution is 2.51. The lowest BCUT2D eigenvalue weighted by Crippen LogP contribution is -2.34. The quantitative estimate of drug-likeness (QED) is 0.881. The average molecular weight is 256 g/mol. The molecule has 3 nitrogen and oxygen atoms in total. The summed E-state index contributed by atoms with van der Waals surface area (Å²) in [5.41, 5.74) is 2.28. The van der Waals surface area contributed by atoms with E-state index in [2.05, 4.69) is 48.3 Å². The summed E-state index contributed by atoms with van der Waals surface area (Å²) in [6.07, 6.45) is 3.26. The monoisotopic (exact) mass is 256 g/mol. The smallest absolute Gasteiger partial charge is 0.244 e. The van der Waals surface area contributed by atoms with Crippen molar-refractivity contribution in [1.82, 2.24) is 10.2 Å². The number of amides is 1. The van der Waals surface area contributed by atoms with E-state index >= 15 is 0 Å². The van der Waals surface area contributed by atoms with Crippen LogP contribution in [0.2, 0.25) is 0 Å². The lowest BCUT2D eigenvalue weighted by Gasteiger charge is -2.25. The van der Waals surface area contributed by atoms with E-state index in [-0.39, 0.29) is 11.7 Å². The molecule has 3 unspecified atom stereocenters. The molecule has 1 aromatic carbocycles. The molecule has 3 atom stereocenters. The van der Waals surface area contributed by atoms with Crippen LogP contribution in [0.5, 0.6) is 0 Å². The van der Waals surface area contributed by atoms with E-state index in [0.29, 0.717) is 17.9 Å². The van der Waals surface area contributed by atoms with E-state index < -0.39 is 0 Å². The number of carbonyl (C=O) groups is 1. The predicted octanol–water partition coefficient (Wildman–Crippen LogP) is 2.37. The molecule has 3 fully saturated rings. The first-order valence-corrected chi connectivity index (χ1v) is 7.28. The zero-order valence-electron chi connectivity index (χ0n) is 11.5. The summed E-state index contributed by atoms with van der Waals surface area (Å²) in [6.45, 7) is 4.35. The van der Waals surface area contributed by atoms with Crippen molar-refractivity contribution in [3.63, 3.8) is 0 Å². The number of benzene rings is 1. The fourth-order valence-electron chi connectivity index (χ4n) is 3.36. The summed E-state index contributed by atoms with van der Waals surface area (Å²) in [6, 6.07) is 8.98. The third-order valence-corrected chi connectivity index (χ3v) is 4.87. The molecule has 2 aliphatic carbocycles. The minimum atomic E-state index is -0.212. The molecule has 1 N–H and O–H groups in total. The molecule has 2 saturated carbocycles. The Hall–Kier alpha value is -1.35. The van der Waals surface area contributed by atoms with Gasteiger partial charge in [0, 0.05) is 6.04 Å². The van der Waals surface area contributed by atoms with Crippen LogP contribution in [-0.2, 0) is 4.79 Å². The number of rotatable bonds is 2. The van der Waals surface area contributed by atoms with Crippen LogP contribution in [-0.4, -0.2) is 22.4 Å². The summed E-state index contributed by atoms with van der Waals surface area (Å²) >= 11 is 0. The second kappa shape index (κ2) is 3.60. The molecule has 4 rings (SSSR count). The van der Waals surface area contributed by atoms with Gasteiger partial charge in [0.25, 0.3) is 0 Å². The van der Waals surface area contributed by atoms with Crippen molar-refractivity contribution in [2.75, 3.05) is 0 Å². The van der Waals surface area contributed by atoms with Crippen molar-refractivity contribution in [3.05, 3.63) is 35.4 Å². The minimum absolute atomic E-state index is 0.0878. The lowest BCUT2D eigenvalue weighted by molar-refractivity contribution is -0.131. The zero-order chi connectivity index (χ0) is 13.2. The van der Waals surface area contributed by atoms with Gasteiger partial charge in [0.1, 0.15) is 11.7 Å². The average Bonchev–Trinajstić information content (AvgIpc) is 3.26. The van der Waals surface area contributed by atoms with E-state index in [1.54, 1.807) is 0 Å². The van der Waals surface area contributed by atoms with Crippen molar-refractivity contribution in [1.29, 1.82) is 0 Å². The summed E-state index contributed by atoms with van der Waals surface area (Å²) in [7, 11) is 0. The van der Waals surface area contributed by atoms with Gasteiger partial charge in [-0.15, -0.1) is 0 Å². The normalized spacial score (nSPS) is 34.9. The Morgan fingerprint density at radius 2 is 2.11 bits per heavy atom. The van der Waals surface area contributed by atoms with Gasteiger partial charge in [-0.1, -0.05) is 36.8 Å². The van der Waals surface area contributed by atoms with Gasteiger partial charge in [-0.25, -0.2) is 0 Å². The molecule has 100 valence electrons. The number of nitrogens with zero attached hydrogens (tertiary/aromatic N) is 1. The van der Waals surface area contributed by atoms with Crippen LogP contribution < -0.4 is 5.32 Å². The van der Waals surface area contributed by atoms with Crippen LogP contribution in [0, 0.1) is 12.8 Å². The number of aryl methyl sites for hydroxylation is 1. The number of nitrogens with one attached hydrogen (secondary N) is 1. The Morgan fingerprint density at radius 1 is 1.37 bits per heavy atom. The molecule has 1 saturated heterocycles. The zero-order valence-corrected chi connectivity index (χ0v) is 11.5. The maximum atomic E-state index is 12.6. The Balaban J connectivity index is 1.71. The Bertz CT molecular complexity index is 549. The van der Waals surface area contributed by atoms with E-state index in [0.717, 1.165) is 19.3 Å². The van der Waals surface area contributed by atoms with Crippen molar-refractivity contribution >= 4 is 5.91 Å². The van der Waals surface area contributed by atoms with Crippen LogP contribution in [0.15, 0.2) is 24.3 Å². The topological polar surface area (TPSA) is 32.3 Å². The molecule has 1 heterocycles. The van der Waals surface area contributed by atoms with E-state index in [1.807, 2.05) is 0 Å². The van der Waals surface area contributed by atoms with E-state index in [1.165, 1.54) is 11.1 Å². The highest BCUT2D eigenvalue weighted by molar-refractivity contribution is 5.92. The molecule has 0 radical (unpaired) electrons. The van der Waals surface area contributed by atoms with Gasteiger partial charge < -0.3 is 4.90 Å². The van der Waals surface area contributed by atoms with Gasteiger partial charge in [-0.3, -0.25) is 10.1 Å². The summed E-state index contributed by atoms with van der Waals surface area (Å²) < 4.78 is 0. The molecule has 1 aromatic rings. The lowest BCUT2D eigenvalue weighted by atomic mass is 10.1. The van der Waals surface area contributed by atoms with Crippen molar-refractivity contribution in [2.45, 2.75) is 50.9 Å². The maximum absolute atomic E-state index is 12.6. The Labute approximate surface area is 114 Å². The summed E-state index contributed by atoms with van der Waals surface area (Å²) in [4.78, 5) is 14.8. The van der Waals surface area contributed by atoms with Crippen LogP contribution in [0.4, 0.5) is 0 Å². The van der Waals surface area contributed by atoms with Gasteiger partial charge in [-0.2, -0.15) is 0 Å². The highest BCUT2D eigenvalue weighted by Gasteiger charge is 2.62. The first-order valence-electron chi connectivity index (χ1n) is 7.28. The minimum Gasteiger partial charge on any atom is -0.318 e. The molecule has 0 bridgehead atoms. The number of hydrogen-bond donors (Lipinski definition) is 1. The number of hydrogen-bond acceptors (Lipinski definition) is 2. The third kappa shape index (κ3) is 1.64. The largest absolute Gasteiger partial charge is 0.318 e. The second-order valence-electron chi connectivity index (χ2n) is 6.54. The Kier molecular flexibility index (Phi) is 2.17. The van der Waals surface area contributed by atoms with Crippen LogP contribution in [0.25, 0.3) is 0 Å². The van der Waals surface area contributed by atoms with E-state index in [9.17, 15) is 4.79 Å². The van der Waals surface area contributed by atoms with Gasteiger partial charge in [0.15, 0.2) is 0 Å². The molecule has 1 spiro atoms. The fraction of sp³-hybridized carbons (Fsp3) is 0.562. The highest BCUT2D eigenvalue weighted by atomic mass is 16.2. The summed E-state index contributed by atoms with van der Waals surface area (Å²) in [5.74, 6) is 1.00. The van der Waals surface area contributed by atoms with Crippen LogP contribution >= 0.6 is 0 Å². The molecule has 0 aromatic heterocycles. The maximum Gasteiger partial charge on any atom is 0.244 e. The third-order valence-electron chi connectivity index (χ3n) is 4.87. The molecular weight excluding hydrogens is 236 g/mol. The SMILES string of the molecule is Cc1cccc(C2NC3(CC3)C(=O)N2C2CC2C)c1. The van der Waals surface area contributed by atoms with Crippen molar-refractivity contribution in [2.24, 2.45) is 5.92 Å². The van der Waals surface area contributed by atoms with Gasteiger partial charge >= 0.3 is 0 Å². The summed E-state index contributed by atoms with van der Waals surface area (Å²) in [5, 5.41) is 3.60. The van der Waals surface area contributed by atoms with Crippen LogP contribution in [0.3, 0.4) is 0 Å². The fourth-order valence-corrected chi connectivity index (χ4v) is 3.36. The molecule has 19 heavy (non-hydrogen) atoms. The predicted molar refractivity (Wildman–Crippen MR) is 73.4 cm³/mol. The van der Waals surface area contributed by atoms with Crippen molar-refractivity contribution in [3.8, 4) is 0 Å². The molecule has 1 aliphatic heterocycles. The molecule has 3 heteroatoms. The van der Waals surface area contributed by atoms with Gasteiger partial charge in [-0.05, 0) is 37.7 Å². The van der Waals surface area contributed by atoms with Crippen LogP contribution in [0.1, 0.15) is 43.5 Å². The first kappa shape index (κ1) is 11.5. The standard InChI is InChI=1S/C16H20N2O/c1-10-4-3-5-12(8-10)14-17-16(6-7-16)15(19)18(14)13-9-11(13)2/h3-5,8,11,13-14,17H,6-7,9H2,1-2H3. The molecule has 1 amide bonds. The van der Waals surface area contributed by atoms with Gasteiger partial charge in [0.2, 0.25) is 5.91 Å². The first-order chi connectivity index (χ1) is 9.11. The second-order valence-corrected chi connectivity index (χ2v) is 6.54. The van der Waals surface area contributed by atoms with Crippen molar-refractivity contribution < 1.29 is 4.79 Å².